The van der Waals surface area contributed by atoms with Crippen LogP contribution in [0.3, 0.4) is 0 Å². The van der Waals surface area contributed by atoms with Crippen molar-refractivity contribution in [1.29, 1.82) is 0 Å². The van der Waals surface area contributed by atoms with Gasteiger partial charge in [0.25, 0.3) is 0 Å². The first-order chi connectivity index (χ1) is 14.2. The number of nitrogens with zero attached hydrogens (tertiary/aromatic N) is 5. The zero-order valence-corrected chi connectivity index (χ0v) is 17.8. The third-order valence-corrected chi connectivity index (χ3v) is 4.92. The summed E-state index contributed by atoms with van der Waals surface area (Å²) in [4.78, 5) is 18.5. The van der Waals surface area contributed by atoms with Crippen LogP contribution in [0.15, 0.2) is 60.9 Å². The van der Waals surface area contributed by atoms with Gasteiger partial charge in [0.2, 0.25) is 5.95 Å². The summed E-state index contributed by atoms with van der Waals surface area (Å²) in [6.45, 7) is 7.21. The van der Waals surface area contributed by atoms with Crippen LogP contribution < -0.4 is 9.80 Å². The second-order valence-electron chi connectivity index (χ2n) is 7.29. The molecule has 0 N–H and O–H groups in total. The van der Waals surface area contributed by atoms with Crippen molar-refractivity contribution >= 4 is 11.8 Å². The van der Waals surface area contributed by atoms with Gasteiger partial charge in [0.05, 0.1) is 5.69 Å². The van der Waals surface area contributed by atoms with E-state index >= 15 is 0 Å². The van der Waals surface area contributed by atoms with Crippen LogP contribution in [0.2, 0.25) is 0 Å². The maximum atomic E-state index is 4.94. The van der Waals surface area contributed by atoms with E-state index in [1.54, 1.807) is 0 Å². The first-order valence-corrected chi connectivity index (χ1v) is 10.5. The first-order valence-electron chi connectivity index (χ1n) is 10.5. The third-order valence-electron chi connectivity index (χ3n) is 4.92. The maximum absolute atomic E-state index is 4.94. The SMILES string of the molecule is CCCN(CCC)c1nc(-c2ccccc2)cc(N(C)CCc2ccncc2)n1. The summed E-state index contributed by atoms with van der Waals surface area (Å²) >= 11 is 0. The van der Waals surface area contributed by atoms with Crippen LogP contribution in [0.5, 0.6) is 0 Å². The molecule has 5 heteroatoms. The Bertz CT molecular complexity index is 861. The number of rotatable bonds is 10. The second kappa shape index (κ2) is 10.6. The highest BCUT2D eigenvalue weighted by molar-refractivity contribution is 5.65. The van der Waals surface area contributed by atoms with E-state index in [1.165, 1.54) is 5.56 Å². The minimum absolute atomic E-state index is 0.820. The minimum Gasteiger partial charge on any atom is -0.359 e. The van der Waals surface area contributed by atoms with Crippen LogP contribution in [-0.4, -0.2) is 41.6 Å². The molecule has 0 saturated heterocycles. The first kappa shape index (κ1) is 20.8. The summed E-state index contributed by atoms with van der Waals surface area (Å²) in [5.41, 5.74) is 3.37. The largest absolute Gasteiger partial charge is 0.359 e. The lowest BCUT2D eigenvalue weighted by Crippen LogP contribution is -2.28. The Labute approximate surface area is 174 Å². The monoisotopic (exact) mass is 389 g/mol. The normalized spacial score (nSPS) is 10.7. The Kier molecular flexibility index (Phi) is 7.56. The van der Waals surface area contributed by atoms with Crippen LogP contribution in [0.25, 0.3) is 11.3 Å². The smallest absolute Gasteiger partial charge is 0.227 e. The predicted molar refractivity (Wildman–Crippen MR) is 121 cm³/mol. The van der Waals surface area contributed by atoms with E-state index in [4.69, 9.17) is 9.97 Å². The molecule has 0 fully saturated rings. The quantitative estimate of drug-likeness (QED) is 0.496. The molecule has 0 saturated carbocycles. The highest BCUT2D eigenvalue weighted by atomic mass is 15.3. The van der Waals surface area contributed by atoms with Gasteiger partial charge in [0, 0.05) is 50.7 Å². The topological polar surface area (TPSA) is 45.2 Å². The molecule has 0 aliphatic carbocycles. The average Bonchev–Trinajstić information content (AvgIpc) is 2.78. The zero-order valence-electron chi connectivity index (χ0n) is 17.8. The van der Waals surface area contributed by atoms with Gasteiger partial charge in [-0.05, 0) is 37.0 Å². The number of hydrogen-bond donors (Lipinski definition) is 0. The van der Waals surface area contributed by atoms with Crippen LogP contribution in [0.4, 0.5) is 11.8 Å². The summed E-state index contributed by atoms with van der Waals surface area (Å²) in [5, 5.41) is 0. The third kappa shape index (κ3) is 5.76. The van der Waals surface area contributed by atoms with Gasteiger partial charge in [-0.1, -0.05) is 44.2 Å². The molecule has 0 aliphatic rings. The standard InChI is InChI=1S/C24H31N5/c1-4-16-29(17-5-2)24-26-22(21-9-7-6-8-10-21)19-23(27-24)28(3)18-13-20-11-14-25-15-12-20/h6-12,14-15,19H,4-5,13,16-18H2,1-3H3. The second-order valence-corrected chi connectivity index (χ2v) is 7.29. The van der Waals surface area contributed by atoms with Gasteiger partial charge in [-0.3, -0.25) is 4.98 Å². The Morgan fingerprint density at radius 3 is 2.17 bits per heavy atom. The average molecular weight is 390 g/mol. The Balaban J connectivity index is 1.90. The molecule has 0 aliphatic heterocycles. The molecule has 3 rings (SSSR count). The van der Waals surface area contributed by atoms with E-state index in [-0.39, 0.29) is 0 Å². The Hall–Kier alpha value is -2.95. The molecule has 29 heavy (non-hydrogen) atoms. The van der Waals surface area contributed by atoms with E-state index in [1.807, 2.05) is 18.5 Å². The highest BCUT2D eigenvalue weighted by Gasteiger charge is 2.14. The molecule has 0 bridgehead atoms. The van der Waals surface area contributed by atoms with Crippen molar-refractivity contribution in [2.45, 2.75) is 33.1 Å². The summed E-state index contributed by atoms with van der Waals surface area (Å²) < 4.78 is 0. The summed E-state index contributed by atoms with van der Waals surface area (Å²) in [7, 11) is 2.10. The molecule has 0 atom stereocenters. The van der Waals surface area contributed by atoms with E-state index < -0.39 is 0 Å². The van der Waals surface area contributed by atoms with Crippen LogP contribution in [0, 0.1) is 0 Å². The van der Waals surface area contributed by atoms with Crippen LogP contribution >= 0.6 is 0 Å². The van der Waals surface area contributed by atoms with Crippen molar-refractivity contribution in [2.24, 2.45) is 0 Å². The lowest BCUT2D eigenvalue weighted by atomic mass is 10.1. The lowest BCUT2D eigenvalue weighted by molar-refractivity contribution is 0.719. The van der Waals surface area contributed by atoms with Crippen molar-refractivity contribution in [3.05, 3.63) is 66.5 Å². The van der Waals surface area contributed by atoms with Gasteiger partial charge < -0.3 is 9.80 Å². The molecule has 152 valence electrons. The fraction of sp³-hybridized carbons (Fsp3) is 0.375. The molecule has 2 aromatic heterocycles. The Morgan fingerprint density at radius 2 is 1.52 bits per heavy atom. The molecule has 3 aromatic rings. The van der Waals surface area contributed by atoms with Gasteiger partial charge in [-0.15, -0.1) is 0 Å². The van der Waals surface area contributed by atoms with Gasteiger partial charge >= 0.3 is 0 Å². The van der Waals surface area contributed by atoms with Crippen LogP contribution in [0.1, 0.15) is 32.3 Å². The van der Waals surface area contributed by atoms with Crippen molar-refractivity contribution in [3.63, 3.8) is 0 Å². The number of pyridine rings is 1. The minimum atomic E-state index is 0.820. The van der Waals surface area contributed by atoms with Crippen molar-refractivity contribution in [1.82, 2.24) is 15.0 Å². The zero-order chi connectivity index (χ0) is 20.5. The molecular formula is C24H31N5. The van der Waals surface area contributed by atoms with E-state index in [0.717, 1.165) is 61.9 Å². The number of hydrogen-bond acceptors (Lipinski definition) is 5. The van der Waals surface area contributed by atoms with Crippen LogP contribution in [-0.2, 0) is 6.42 Å². The lowest BCUT2D eigenvalue weighted by Gasteiger charge is -2.25. The number of aromatic nitrogens is 3. The summed E-state index contributed by atoms with van der Waals surface area (Å²) in [6, 6.07) is 16.6. The molecule has 0 radical (unpaired) electrons. The highest BCUT2D eigenvalue weighted by Crippen LogP contribution is 2.25. The van der Waals surface area contributed by atoms with Gasteiger partial charge in [-0.25, -0.2) is 4.98 Å². The number of anilines is 2. The van der Waals surface area contributed by atoms with Crippen molar-refractivity contribution in [2.75, 3.05) is 36.5 Å². The molecule has 2 heterocycles. The van der Waals surface area contributed by atoms with E-state index in [0.29, 0.717) is 0 Å². The molecule has 5 nitrogen and oxygen atoms in total. The number of likely N-dealkylation sites (N-methyl/N-ethyl adjacent to an activating group) is 1. The summed E-state index contributed by atoms with van der Waals surface area (Å²) in [6.07, 6.45) is 6.79. The Morgan fingerprint density at radius 1 is 0.828 bits per heavy atom. The summed E-state index contributed by atoms with van der Waals surface area (Å²) in [5.74, 6) is 1.78. The van der Waals surface area contributed by atoms with Gasteiger partial charge in [-0.2, -0.15) is 4.98 Å². The fourth-order valence-corrected chi connectivity index (χ4v) is 3.33. The fourth-order valence-electron chi connectivity index (χ4n) is 3.33. The molecule has 0 amide bonds. The number of benzene rings is 1. The molecule has 1 aromatic carbocycles. The van der Waals surface area contributed by atoms with E-state index in [2.05, 4.69) is 78.1 Å². The predicted octanol–water partition coefficient (Wildman–Crippen LogP) is 4.84. The van der Waals surface area contributed by atoms with Crippen molar-refractivity contribution in [3.8, 4) is 11.3 Å². The molecule has 0 spiro atoms. The van der Waals surface area contributed by atoms with Gasteiger partial charge in [0.1, 0.15) is 5.82 Å². The molecule has 0 unspecified atom stereocenters. The molecular weight excluding hydrogens is 358 g/mol. The van der Waals surface area contributed by atoms with Gasteiger partial charge in [0.15, 0.2) is 0 Å². The van der Waals surface area contributed by atoms with Crippen molar-refractivity contribution < 1.29 is 0 Å². The van der Waals surface area contributed by atoms with E-state index in [9.17, 15) is 0 Å². The maximum Gasteiger partial charge on any atom is 0.227 e.